The molecule has 24 heavy (non-hydrogen) atoms. The number of nitrogens with zero attached hydrogens (tertiary/aromatic N) is 1. The van der Waals surface area contributed by atoms with Crippen LogP contribution in [-0.4, -0.2) is 30.0 Å². The lowest BCUT2D eigenvalue weighted by atomic mass is 10.1. The van der Waals surface area contributed by atoms with Crippen LogP contribution in [0.3, 0.4) is 0 Å². The van der Waals surface area contributed by atoms with E-state index in [9.17, 15) is 14.4 Å². The van der Waals surface area contributed by atoms with Crippen molar-refractivity contribution in [3.8, 4) is 5.75 Å². The van der Waals surface area contributed by atoms with E-state index in [1.807, 2.05) is 0 Å². The third-order valence-corrected chi connectivity index (χ3v) is 4.03. The Morgan fingerprint density at radius 3 is 2.29 bits per heavy atom. The van der Waals surface area contributed by atoms with Gasteiger partial charge in [-0.15, -0.1) is 0 Å². The zero-order valence-corrected chi connectivity index (χ0v) is 13.3. The van der Waals surface area contributed by atoms with Crippen LogP contribution in [0.1, 0.15) is 26.3 Å². The zero-order valence-electron chi connectivity index (χ0n) is 12.6. The Labute approximate surface area is 142 Å². The van der Waals surface area contributed by atoms with Gasteiger partial charge in [0, 0.05) is 0 Å². The van der Waals surface area contributed by atoms with Crippen molar-refractivity contribution in [1.29, 1.82) is 0 Å². The Morgan fingerprint density at radius 2 is 1.71 bits per heavy atom. The highest BCUT2D eigenvalue weighted by molar-refractivity contribution is 6.42. The van der Waals surface area contributed by atoms with Crippen LogP contribution in [0.4, 0.5) is 5.69 Å². The van der Waals surface area contributed by atoms with Crippen LogP contribution in [0.15, 0.2) is 36.4 Å². The molecular weight excluding hydrogens is 334 g/mol. The molecule has 0 fully saturated rings. The molecule has 2 aromatic carbocycles. The van der Waals surface area contributed by atoms with E-state index in [1.54, 1.807) is 12.1 Å². The maximum Gasteiger partial charge on any atom is 0.307 e. The van der Waals surface area contributed by atoms with Crippen molar-refractivity contribution in [2.75, 3.05) is 12.0 Å². The number of fused-ring (bicyclic) bond motifs is 1. The summed E-state index contributed by atoms with van der Waals surface area (Å²) in [4.78, 5) is 37.0. The molecule has 0 bridgehead atoms. The van der Waals surface area contributed by atoms with Crippen LogP contribution in [-0.2, 0) is 11.2 Å². The quantitative estimate of drug-likeness (QED) is 0.861. The van der Waals surface area contributed by atoms with E-state index in [0.29, 0.717) is 11.3 Å². The molecule has 122 valence electrons. The van der Waals surface area contributed by atoms with Gasteiger partial charge in [0.05, 0.1) is 35.4 Å². The number of hydrogen-bond donors (Lipinski definition) is 1. The van der Waals surface area contributed by atoms with Gasteiger partial charge in [-0.1, -0.05) is 23.7 Å². The van der Waals surface area contributed by atoms with Gasteiger partial charge >= 0.3 is 5.97 Å². The van der Waals surface area contributed by atoms with E-state index in [-0.39, 0.29) is 28.3 Å². The van der Waals surface area contributed by atoms with Crippen LogP contribution in [0, 0.1) is 0 Å². The van der Waals surface area contributed by atoms with Crippen molar-refractivity contribution in [2.24, 2.45) is 0 Å². The molecule has 2 amide bonds. The van der Waals surface area contributed by atoms with E-state index >= 15 is 0 Å². The molecule has 1 aliphatic rings. The number of rotatable bonds is 4. The van der Waals surface area contributed by atoms with Gasteiger partial charge in [-0.05, 0) is 29.8 Å². The summed E-state index contributed by atoms with van der Waals surface area (Å²) in [6, 6.07) is 9.22. The van der Waals surface area contributed by atoms with Crippen LogP contribution in [0.2, 0.25) is 5.02 Å². The number of anilines is 1. The summed E-state index contributed by atoms with van der Waals surface area (Å²) in [5.41, 5.74) is 1.15. The molecule has 1 heterocycles. The highest BCUT2D eigenvalue weighted by Crippen LogP contribution is 2.37. The van der Waals surface area contributed by atoms with E-state index in [0.717, 1.165) is 4.90 Å². The van der Waals surface area contributed by atoms with Crippen LogP contribution in [0.5, 0.6) is 5.75 Å². The maximum absolute atomic E-state index is 12.7. The minimum atomic E-state index is -0.958. The summed E-state index contributed by atoms with van der Waals surface area (Å²) in [6.07, 6.45) is -0.137. The van der Waals surface area contributed by atoms with Crippen molar-refractivity contribution in [3.63, 3.8) is 0 Å². The Balaban J connectivity index is 2.02. The first-order valence-corrected chi connectivity index (χ1v) is 7.38. The van der Waals surface area contributed by atoms with Gasteiger partial charge < -0.3 is 9.84 Å². The summed E-state index contributed by atoms with van der Waals surface area (Å²) < 4.78 is 5.15. The smallest absolute Gasteiger partial charge is 0.307 e. The molecule has 1 aliphatic heterocycles. The number of carbonyl (C=O) groups excluding carboxylic acids is 2. The number of benzene rings is 2. The monoisotopic (exact) mass is 345 g/mol. The maximum atomic E-state index is 12.7. The second-order valence-corrected chi connectivity index (χ2v) is 5.59. The van der Waals surface area contributed by atoms with Gasteiger partial charge in [0.2, 0.25) is 0 Å². The molecule has 0 radical (unpaired) electrons. The van der Waals surface area contributed by atoms with Crippen molar-refractivity contribution >= 4 is 35.1 Å². The lowest BCUT2D eigenvalue weighted by Gasteiger charge is -2.14. The first kappa shape index (κ1) is 16.0. The molecule has 1 N–H and O–H groups in total. The molecular formula is C17H12ClNO5. The van der Waals surface area contributed by atoms with E-state index < -0.39 is 17.8 Å². The summed E-state index contributed by atoms with van der Waals surface area (Å²) in [5.74, 6) is -1.75. The SMILES string of the molecule is COc1ccc(Cl)c2c1C(=O)N(c1ccc(CC(=O)O)cc1)C2=O. The molecule has 2 aromatic rings. The number of carboxylic acids is 1. The molecule has 6 nitrogen and oxygen atoms in total. The third-order valence-electron chi connectivity index (χ3n) is 3.72. The largest absolute Gasteiger partial charge is 0.496 e. The van der Waals surface area contributed by atoms with Crippen molar-refractivity contribution in [1.82, 2.24) is 0 Å². The van der Waals surface area contributed by atoms with Crippen molar-refractivity contribution < 1.29 is 24.2 Å². The Bertz CT molecular complexity index is 860. The lowest BCUT2D eigenvalue weighted by molar-refractivity contribution is -0.136. The minimum absolute atomic E-state index is 0.107. The number of carbonyl (C=O) groups is 3. The topological polar surface area (TPSA) is 83.9 Å². The van der Waals surface area contributed by atoms with Gasteiger partial charge in [0.15, 0.2) is 0 Å². The van der Waals surface area contributed by atoms with E-state index in [4.69, 9.17) is 21.4 Å². The number of carboxylic acid groups (broad SMARTS) is 1. The molecule has 0 atom stereocenters. The molecule has 0 aromatic heterocycles. The third kappa shape index (κ3) is 2.51. The molecule has 0 unspecified atom stereocenters. The first-order chi connectivity index (χ1) is 11.4. The fourth-order valence-electron chi connectivity index (χ4n) is 2.64. The number of imide groups is 1. The fraction of sp³-hybridized carbons (Fsp3) is 0.118. The molecule has 0 aliphatic carbocycles. The molecule has 3 rings (SSSR count). The predicted molar refractivity (Wildman–Crippen MR) is 86.9 cm³/mol. The van der Waals surface area contributed by atoms with Gasteiger partial charge in [-0.25, -0.2) is 4.90 Å². The number of hydrogen-bond acceptors (Lipinski definition) is 4. The standard InChI is InChI=1S/C17H12ClNO5/c1-24-12-7-6-11(18)14-15(12)17(23)19(16(14)22)10-4-2-9(3-5-10)8-13(20)21/h2-7H,8H2,1H3,(H,20,21). The van der Waals surface area contributed by atoms with Gasteiger partial charge in [-0.2, -0.15) is 0 Å². The predicted octanol–water partition coefficient (Wildman–Crippen LogP) is 2.78. The average Bonchev–Trinajstić information content (AvgIpc) is 2.81. The van der Waals surface area contributed by atoms with Crippen molar-refractivity contribution in [3.05, 3.63) is 58.1 Å². The Hall–Kier alpha value is -2.86. The second kappa shape index (κ2) is 5.98. The van der Waals surface area contributed by atoms with E-state index in [2.05, 4.69) is 0 Å². The summed E-state index contributed by atoms with van der Waals surface area (Å²) in [6.45, 7) is 0. The Kier molecular flexibility index (Phi) is 3.99. The Morgan fingerprint density at radius 1 is 1.08 bits per heavy atom. The summed E-state index contributed by atoms with van der Waals surface area (Å²) in [5, 5.41) is 8.97. The fourth-order valence-corrected chi connectivity index (χ4v) is 2.88. The van der Waals surface area contributed by atoms with Gasteiger partial charge in [-0.3, -0.25) is 14.4 Å². The van der Waals surface area contributed by atoms with Crippen LogP contribution >= 0.6 is 11.6 Å². The van der Waals surface area contributed by atoms with Gasteiger partial charge in [0.1, 0.15) is 5.75 Å². The molecule has 0 spiro atoms. The highest BCUT2D eigenvalue weighted by Gasteiger charge is 2.40. The van der Waals surface area contributed by atoms with E-state index in [1.165, 1.54) is 31.4 Å². The number of amides is 2. The second-order valence-electron chi connectivity index (χ2n) is 5.18. The molecule has 0 saturated carbocycles. The summed E-state index contributed by atoms with van der Waals surface area (Å²) >= 11 is 6.07. The number of halogens is 1. The molecule has 0 saturated heterocycles. The molecule has 7 heteroatoms. The number of ether oxygens (including phenoxy) is 1. The minimum Gasteiger partial charge on any atom is -0.496 e. The zero-order chi connectivity index (χ0) is 17.4. The number of aliphatic carboxylic acids is 1. The lowest BCUT2D eigenvalue weighted by Crippen LogP contribution is -2.29. The average molecular weight is 346 g/mol. The normalized spacial score (nSPS) is 13.2. The van der Waals surface area contributed by atoms with Gasteiger partial charge in [0.25, 0.3) is 11.8 Å². The summed E-state index contributed by atoms with van der Waals surface area (Å²) in [7, 11) is 1.41. The van der Waals surface area contributed by atoms with Crippen LogP contribution < -0.4 is 9.64 Å². The van der Waals surface area contributed by atoms with Crippen molar-refractivity contribution in [2.45, 2.75) is 6.42 Å². The highest BCUT2D eigenvalue weighted by atomic mass is 35.5. The van der Waals surface area contributed by atoms with Crippen LogP contribution in [0.25, 0.3) is 0 Å². The first-order valence-electron chi connectivity index (χ1n) is 7.00. The number of methoxy groups -OCH3 is 1.